The largest absolute Gasteiger partial charge is 0.367 e. The van der Waals surface area contributed by atoms with Crippen LogP contribution in [0.25, 0.3) is 0 Å². The molecule has 0 atom stereocenters. The molecule has 10 heteroatoms. The van der Waals surface area contributed by atoms with Gasteiger partial charge in [0.15, 0.2) is 23.9 Å². The first-order valence-electron chi connectivity index (χ1n) is 3.00. The van der Waals surface area contributed by atoms with Crippen LogP contribution in [0, 0.1) is 9.81 Å². The summed E-state index contributed by atoms with van der Waals surface area (Å²) in [5, 5.41) is 3.59. The van der Waals surface area contributed by atoms with Crippen LogP contribution in [-0.4, -0.2) is 25.2 Å². The van der Waals surface area contributed by atoms with Crippen molar-refractivity contribution in [3.63, 3.8) is 0 Å². The van der Waals surface area contributed by atoms with E-state index in [0.717, 1.165) is 0 Å². The minimum Gasteiger partial charge on any atom is -0.282 e. The lowest BCUT2D eigenvalue weighted by atomic mass is 10.7. The topological polar surface area (TPSA) is 130 Å². The minimum atomic E-state index is -1.11. The molecule has 0 heterocycles. The summed E-state index contributed by atoms with van der Waals surface area (Å²) in [6, 6.07) is 0. The highest BCUT2D eigenvalue weighted by molar-refractivity contribution is 5.71. The van der Waals surface area contributed by atoms with Crippen LogP contribution >= 0.6 is 0 Å². The second-order valence-electron chi connectivity index (χ2n) is 1.60. The van der Waals surface area contributed by atoms with E-state index in [1.54, 1.807) is 10.7 Å². The fourth-order valence-electron chi connectivity index (χ4n) is 0.315. The minimum absolute atomic E-state index is 0.743. The summed E-state index contributed by atoms with van der Waals surface area (Å²) < 4.78 is 0. The van der Waals surface area contributed by atoms with Crippen molar-refractivity contribution in [2.75, 3.05) is 13.2 Å². The van der Waals surface area contributed by atoms with Gasteiger partial charge in [0.25, 0.3) is 0 Å². The molecule has 0 aromatic heterocycles. The number of hydrogen-bond donors (Lipinski definition) is 0. The quantitative estimate of drug-likeness (QED) is 0.234. The Morgan fingerprint density at radius 1 is 0.857 bits per heavy atom. The first kappa shape index (κ1) is 12.1. The van der Waals surface area contributed by atoms with Gasteiger partial charge in [0.2, 0.25) is 0 Å². The Kier molecular flexibility index (Phi) is 6.63. The molecular formula is C4H4N2O8. The number of carbonyl (C=O) groups excluding carboxylic acids is 2. The molecule has 0 radical (unpaired) electrons. The predicted octanol–water partition coefficient (Wildman–Crippen LogP) is -0.616. The summed E-state index contributed by atoms with van der Waals surface area (Å²) in [6.45, 7) is -1.49. The Bertz CT molecular complexity index is 203. The second kappa shape index (κ2) is 7.70. The third-order valence-corrected chi connectivity index (χ3v) is 0.715. The zero-order chi connectivity index (χ0) is 10.8. The van der Waals surface area contributed by atoms with E-state index in [-0.39, 0.29) is 0 Å². The Morgan fingerprint density at radius 3 is 1.50 bits per heavy atom. The highest BCUT2D eigenvalue weighted by Gasteiger charge is 2.07. The van der Waals surface area contributed by atoms with Crippen LogP contribution in [0.4, 0.5) is 0 Å². The molecule has 10 nitrogen and oxygen atoms in total. The maximum Gasteiger partial charge on any atom is 0.367 e. The smallest absolute Gasteiger partial charge is 0.282 e. The lowest BCUT2D eigenvalue weighted by Gasteiger charge is -1.98. The number of nitrogens with zero attached hydrogens (tertiary/aromatic N) is 2. The molecule has 0 saturated carbocycles. The molecular weight excluding hydrogens is 204 g/mol. The summed E-state index contributed by atoms with van der Waals surface area (Å²) in [5.41, 5.74) is 0. The predicted molar refractivity (Wildman–Crippen MR) is 35.7 cm³/mol. The molecule has 0 unspecified atom stereocenters. The van der Waals surface area contributed by atoms with E-state index in [1.165, 1.54) is 0 Å². The fourth-order valence-corrected chi connectivity index (χ4v) is 0.315. The van der Waals surface area contributed by atoms with Gasteiger partial charge in [0.05, 0.1) is 0 Å². The molecule has 0 spiro atoms. The van der Waals surface area contributed by atoms with Crippen LogP contribution in [0.2, 0.25) is 0 Å². The standard InChI is InChI=1S/C4H4N2O8/c7-3(13-5-9)1-11-12-2-4(8)14-6-10/h1-2H2. The number of rotatable bonds is 7. The van der Waals surface area contributed by atoms with Crippen LogP contribution in [-0.2, 0) is 29.0 Å². The first-order chi connectivity index (χ1) is 6.70. The second-order valence-corrected chi connectivity index (χ2v) is 1.60. The highest BCUT2D eigenvalue weighted by Crippen LogP contribution is 1.86. The molecule has 0 aromatic rings. The van der Waals surface area contributed by atoms with Gasteiger partial charge in [0, 0.05) is 0 Å². The van der Waals surface area contributed by atoms with Crippen molar-refractivity contribution in [1.29, 1.82) is 0 Å². The van der Waals surface area contributed by atoms with E-state index >= 15 is 0 Å². The summed E-state index contributed by atoms with van der Waals surface area (Å²) >= 11 is 0. The van der Waals surface area contributed by atoms with Gasteiger partial charge in [-0.05, 0) is 0 Å². The maximum atomic E-state index is 10.3. The molecule has 0 rings (SSSR count). The number of hydrogen-bond acceptors (Lipinski definition) is 10. The molecule has 0 aliphatic carbocycles. The van der Waals surface area contributed by atoms with Gasteiger partial charge in [-0.15, -0.1) is 9.81 Å². The van der Waals surface area contributed by atoms with E-state index in [0.29, 0.717) is 0 Å². The Morgan fingerprint density at radius 2 is 1.21 bits per heavy atom. The summed E-state index contributed by atoms with van der Waals surface area (Å²) in [4.78, 5) is 54.4. The normalized spacial score (nSPS) is 8.86. The fraction of sp³-hybridized carbons (Fsp3) is 0.500. The van der Waals surface area contributed by atoms with E-state index in [9.17, 15) is 19.4 Å². The molecule has 0 aliphatic rings. The van der Waals surface area contributed by atoms with Crippen molar-refractivity contribution in [2.45, 2.75) is 0 Å². The molecule has 78 valence electrons. The van der Waals surface area contributed by atoms with Crippen LogP contribution in [0.15, 0.2) is 10.7 Å². The van der Waals surface area contributed by atoms with Crippen LogP contribution < -0.4 is 0 Å². The Hall–Kier alpha value is -1.94. The van der Waals surface area contributed by atoms with E-state index < -0.39 is 25.2 Å². The summed E-state index contributed by atoms with van der Waals surface area (Å²) in [5.74, 6) is -2.22. The molecule has 0 aromatic carbocycles. The highest BCUT2D eigenvalue weighted by atomic mass is 17.2. The molecule has 0 amide bonds. The summed E-state index contributed by atoms with van der Waals surface area (Å²) in [7, 11) is 0. The zero-order valence-electron chi connectivity index (χ0n) is 6.57. The van der Waals surface area contributed by atoms with Crippen molar-refractivity contribution >= 4 is 11.9 Å². The average Bonchev–Trinajstić information content (AvgIpc) is 2.13. The summed E-state index contributed by atoms with van der Waals surface area (Å²) in [6.07, 6.45) is 0. The lowest BCUT2D eigenvalue weighted by molar-refractivity contribution is -0.291. The van der Waals surface area contributed by atoms with Gasteiger partial charge < -0.3 is 0 Å². The van der Waals surface area contributed by atoms with Crippen LogP contribution in [0.3, 0.4) is 0 Å². The van der Waals surface area contributed by atoms with Gasteiger partial charge >= 0.3 is 11.9 Å². The van der Waals surface area contributed by atoms with Gasteiger partial charge in [-0.25, -0.2) is 19.4 Å². The van der Waals surface area contributed by atoms with Crippen LogP contribution in [0.5, 0.6) is 0 Å². The van der Waals surface area contributed by atoms with Crippen molar-refractivity contribution in [3.8, 4) is 0 Å². The Labute approximate surface area is 75.8 Å². The van der Waals surface area contributed by atoms with Gasteiger partial charge in [-0.2, -0.15) is 0 Å². The molecule has 0 fully saturated rings. The number of carbonyl (C=O) groups is 2. The van der Waals surface area contributed by atoms with Crippen LogP contribution in [0.1, 0.15) is 0 Å². The molecule has 0 saturated heterocycles. The van der Waals surface area contributed by atoms with Crippen molar-refractivity contribution < 1.29 is 29.0 Å². The SMILES string of the molecule is O=NOC(=O)COOCC(=O)ON=O. The maximum absolute atomic E-state index is 10.3. The third-order valence-electron chi connectivity index (χ3n) is 0.715. The van der Waals surface area contributed by atoms with E-state index in [2.05, 4.69) is 19.5 Å². The van der Waals surface area contributed by atoms with E-state index in [4.69, 9.17) is 0 Å². The third kappa shape index (κ3) is 6.75. The zero-order valence-corrected chi connectivity index (χ0v) is 6.57. The van der Waals surface area contributed by atoms with Crippen molar-refractivity contribution in [2.24, 2.45) is 10.7 Å². The molecule has 0 aliphatic heterocycles. The molecule has 0 N–H and O–H groups in total. The lowest BCUT2D eigenvalue weighted by Crippen LogP contribution is -2.14. The van der Waals surface area contributed by atoms with Crippen molar-refractivity contribution in [1.82, 2.24) is 0 Å². The Balaban J connectivity index is 3.36. The van der Waals surface area contributed by atoms with Crippen molar-refractivity contribution in [3.05, 3.63) is 9.81 Å². The van der Waals surface area contributed by atoms with E-state index in [1.807, 2.05) is 0 Å². The van der Waals surface area contributed by atoms with Gasteiger partial charge in [0.1, 0.15) is 0 Å². The monoisotopic (exact) mass is 208 g/mol. The first-order valence-corrected chi connectivity index (χ1v) is 3.00. The average molecular weight is 208 g/mol. The van der Waals surface area contributed by atoms with Gasteiger partial charge in [-0.3, -0.25) is 9.68 Å². The van der Waals surface area contributed by atoms with Gasteiger partial charge in [-0.1, -0.05) is 0 Å². The molecule has 14 heavy (non-hydrogen) atoms. The molecule has 0 bridgehead atoms.